The molecule has 0 aliphatic carbocycles. The van der Waals surface area contributed by atoms with Crippen molar-refractivity contribution < 1.29 is 9.21 Å². The highest BCUT2D eigenvalue weighted by atomic mass is 32.1. The van der Waals surface area contributed by atoms with Crippen molar-refractivity contribution in [1.29, 1.82) is 0 Å². The molecule has 4 heterocycles. The molecule has 0 radical (unpaired) electrons. The highest BCUT2D eigenvalue weighted by Gasteiger charge is 2.39. The van der Waals surface area contributed by atoms with Crippen molar-refractivity contribution in [1.82, 2.24) is 15.2 Å². The number of amides is 1. The van der Waals surface area contributed by atoms with E-state index in [0.717, 1.165) is 53.3 Å². The molecule has 0 bridgehead atoms. The average Bonchev–Trinajstić information content (AvgIpc) is 3.19. The van der Waals surface area contributed by atoms with Gasteiger partial charge in [-0.2, -0.15) is 0 Å². The van der Waals surface area contributed by atoms with E-state index in [1.54, 1.807) is 0 Å². The SMILES string of the molecule is Cc1ccc(-c2nc(C)c(C(=O)N3C[C@H]4CNC[C@H]4C3)s2)o1. The molecule has 4 rings (SSSR count). The fourth-order valence-corrected chi connectivity index (χ4v) is 4.41. The van der Waals surface area contributed by atoms with E-state index in [1.807, 2.05) is 30.9 Å². The van der Waals surface area contributed by atoms with Gasteiger partial charge >= 0.3 is 0 Å². The van der Waals surface area contributed by atoms with E-state index in [2.05, 4.69) is 10.3 Å². The summed E-state index contributed by atoms with van der Waals surface area (Å²) in [6.45, 7) is 7.61. The van der Waals surface area contributed by atoms with Crippen LogP contribution in [0, 0.1) is 25.7 Å². The summed E-state index contributed by atoms with van der Waals surface area (Å²) < 4.78 is 5.62. The fourth-order valence-electron chi connectivity index (χ4n) is 3.41. The highest BCUT2D eigenvalue weighted by Crippen LogP contribution is 2.32. The number of hydrogen-bond acceptors (Lipinski definition) is 5. The first-order valence-electron chi connectivity index (χ1n) is 7.66. The summed E-state index contributed by atoms with van der Waals surface area (Å²) in [7, 11) is 0. The maximum absolute atomic E-state index is 12.8. The minimum absolute atomic E-state index is 0.124. The number of rotatable bonds is 2. The Morgan fingerprint density at radius 3 is 2.68 bits per heavy atom. The predicted molar refractivity (Wildman–Crippen MR) is 85.0 cm³/mol. The number of thiazole rings is 1. The molecule has 116 valence electrons. The Morgan fingerprint density at radius 2 is 2.05 bits per heavy atom. The average molecular weight is 317 g/mol. The Bertz CT molecular complexity index is 709. The van der Waals surface area contributed by atoms with Crippen LogP contribution in [0.5, 0.6) is 0 Å². The van der Waals surface area contributed by atoms with E-state index in [1.165, 1.54) is 11.3 Å². The molecule has 0 spiro atoms. The molecule has 2 saturated heterocycles. The quantitative estimate of drug-likeness (QED) is 0.923. The third-order valence-electron chi connectivity index (χ3n) is 4.62. The molecule has 6 heteroatoms. The number of hydrogen-bond donors (Lipinski definition) is 1. The molecule has 1 N–H and O–H groups in total. The monoisotopic (exact) mass is 317 g/mol. The lowest BCUT2D eigenvalue weighted by Gasteiger charge is -2.16. The molecule has 0 aromatic carbocycles. The second-order valence-electron chi connectivity index (χ2n) is 6.23. The van der Waals surface area contributed by atoms with Gasteiger partial charge in [0.1, 0.15) is 10.6 Å². The van der Waals surface area contributed by atoms with Crippen molar-refractivity contribution in [2.45, 2.75) is 13.8 Å². The number of furan rings is 1. The van der Waals surface area contributed by atoms with Crippen LogP contribution in [-0.2, 0) is 0 Å². The Balaban J connectivity index is 1.57. The van der Waals surface area contributed by atoms with Crippen molar-refractivity contribution in [2.75, 3.05) is 26.2 Å². The van der Waals surface area contributed by atoms with E-state index < -0.39 is 0 Å². The van der Waals surface area contributed by atoms with Gasteiger partial charge in [-0.25, -0.2) is 4.98 Å². The largest absolute Gasteiger partial charge is 0.459 e. The Hall–Kier alpha value is -1.66. The summed E-state index contributed by atoms with van der Waals surface area (Å²) in [6.07, 6.45) is 0. The number of carbonyl (C=O) groups is 1. The zero-order chi connectivity index (χ0) is 15.3. The van der Waals surface area contributed by atoms with Crippen LogP contribution in [0.25, 0.3) is 10.8 Å². The molecule has 2 aliphatic rings. The summed E-state index contributed by atoms with van der Waals surface area (Å²) in [5, 5.41) is 4.19. The molecular weight excluding hydrogens is 298 g/mol. The Labute approximate surface area is 133 Å². The molecular formula is C16H19N3O2S. The van der Waals surface area contributed by atoms with Crippen LogP contribution in [0.4, 0.5) is 0 Å². The van der Waals surface area contributed by atoms with Gasteiger partial charge in [0, 0.05) is 26.2 Å². The highest BCUT2D eigenvalue weighted by molar-refractivity contribution is 7.17. The number of fused-ring (bicyclic) bond motifs is 1. The second kappa shape index (κ2) is 5.21. The van der Waals surface area contributed by atoms with Crippen LogP contribution >= 0.6 is 11.3 Å². The lowest BCUT2D eigenvalue weighted by Crippen LogP contribution is -2.31. The van der Waals surface area contributed by atoms with Gasteiger partial charge in [0.25, 0.3) is 5.91 Å². The predicted octanol–water partition coefficient (Wildman–Crippen LogP) is 2.31. The van der Waals surface area contributed by atoms with Crippen molar-refractivity contribution in [3.05, 3.63) is 28.5 Å². The first-order chi connectivity index (χ1) is 10.6. The van der Waals surface area contributed by atoms with Crippen LogP contribution in [-0.4, -0.2) is 42.0 Å². The maximum atomic E-state index is 12.8. The van der Waals surface area contributed by atoms with E-state index in [-0.39, 0.29) is 5.91 Å². The number of nitrogens with zero attached hydrogens (tertiary/aromatic N) is 2. The lowest BCUT2D eigenvalue weighted by atomic mass is 10.0. The van der Waals surface area contributed by atoms with Gasteiger partial charge < -0.3 is 14.6 Å². The zero-order valence-electron chi connectivity index (χ0n) is 12.8. The van der Waals surface area contributed by atoms with Gasteiger partial charge in [0.05, 0.1) is 5.69 Å². The van der Waals surface area contributed by atoms with Crippen LogP contribution in [0.15, 0.2) is 16.5 Å². The molecule has 2 aromatic heterocycles. The smallest absolute Gasteiger partial charge is 0.265 e. The standard InChI is InChI=1S/C16H19N3O2S/c1-9-3-4-13(21-9)15-18-10(2)14(22-15)16(20)19-7-11-5-17-6-12(11)8-19/h3-4,11-12,17H,5-8H2,1-2H3/t11-,12+. The molecule has 2 aliphatic heterocycles. The molecule has 2 aromatic rings. The number of carbonyl (C=O) groups excluding carboxylic acids is 1. The number of aromatic nitrogens is 1. The molecule has 0 saturated carbocycles. The van der Waals surface area contributed by atoms with Gasteiger partial charge in [-0.05, 0) is 37.8 Å². The topological polar surface area (TPSA) is 58.4 Å². The van der Waals surface area contributed by atoms with Crippen LogP contribution in [0.1, 0.15) is 21.1 Å². The van der Waals surface area contributed by atoms with Crippen LogP contribution in [0.3, 0.4) is 0 Å². The summed E-state index contributed by atoms with van der Waals surface area (Å²) in [5.74, 6) is 2.95. The molecule has 1 amide bonds. The second-order valence-corrected chi connectivity index (χ2v) is 7.23. The molecule has 0 unspecified atom stereocenters. The maximum Gasteiger partial charge on any atom is 0.265 e. The van der Waals surface area contributed by atoms with Gasteiger partial charge in [0.15, 0.2) is 10.8 Å². The third-order valence-corrected chi connectivity index (χ3v) is 5.78. The summed E-state index contributed by atoms with van der Waals surface area (Å²) >= 11 is 1.44. The minimum atomic E-state index is 0.124. The first-order valence-corrected chi connectivity index (χ1v) is 8.47. The van der Waals surface area contributed by atoms with Gasteiger partial charge in [0.2, 0.25) is 0 Å². The summed E-state index contributed by atoms with van der Waals surface area (Å²) in [5.41, 5.74) is 0.800. The minimum Gasteiger partial charge on any atom is -0.459 e. The first kappa shape index (κ1) is 14.0. The van der Waals surface area contributed by atoms with Gasteiger partial charge in [-0.15, -0.1) is 11.3 Å². The van der Waals surface area contributed by atoms with E-state index in [4.69, 9.17) is 4.42 Å². The van der Waals surface area contributed by atoms with Crippen molar-refractivity contribution >= 4 is 17.2 Å². The van der Waals surface area contributed by atoms with E-state index >= 15 is 0 Å². The van der Waals surface area contributed by atoms with Gasteiger partial charge in [-0.1, -0.05) is 0 Å². The Kier molecular flexibility index (Phi) is 3.31. The zero-order valence-corrected chi connectivity index (χ0v) is 13.6. The number of aryl methyl sites for hydroxylation is 2. The van der Waals surface area contributed by atoms with Crippen molar-refractivity contribution in [2.24, 2.45) is 11.8 Å². The van der Waals surface area contributed by atoms with E-state index in [9.17, 15) is 4.79 Å². The van der Waals surface area contributed by atoms with Crippen molar-refractivity contribution in [3.63, 3.8) is 0 Å². The van der Waals surface area contributed by atoms with Gasteiger partial charge in [-0.3, -0.25) is 4.79 Å². The molecule has 5 nitrogen and oxygen atoms in total. The lowest BCUT2D eigenvalue weighted by molar-refractivity contribution is 0.0785. The van der Waals surface area contributed by atoms with Crippen molar-refractivity contribution in [3.8, 4) is 10.8 Å². The molecule has 2 fully saturated rings. The summed E-state index contributed by atoms with van der Waals surface area (Å²) in [4.78, 5) is 20.1. The van der Waals surface area contributed by atoms with Crippen LogP contribution < -0.4 is 5.32 Å². The third kappa shape index (κ3) is 2.27. The Morgan fingerprint density at radius 1 is 1.32 bits per heavy atom. The summed E-state index contributed by atoms with van der Waals surface area (Å²) in [6, 6.07) is 3.83. The normalized spacial score (nSPS) is 24.0. The molecule has 2 atom stereocenters. The van der Waals surface area contributed by atoms with Crippen LogP contribution in [0.2, 0.25) is 0 Å². The van der Waals surface area contributed by atoms with E-state index in [0.29, 0.717) is 11.8 Å². The number of likely N-dealkylation sites (tertiary alicyclic amines) is 1. The molecule has 22 heavy (non-hydrogen) atoms. The number of nitrogens with one attached hydrogen (secondary N) is 1. The fraction of sp³-hybridized carbons (Fsp3) is 0.500.